The third-order valence-electron chi connectivity index (χ3n) is 2.90. The maximum atomic E-state index is 11.6. The van der Waals surface area contributed by atoms with Gasteiger partial charge in [-0.2, -0.15) is 11.8 Å². The van der Waals surface area contributed by atoms with E-state index in [1.807, 2.05) is 6.92 Å². The molecular weight excluding hydrogens is 260 g/mol. The summed E-state index contributed by atoms with van der Waals surface area (Å²) in [6, 6.07) is 0.397. The van der Waals surface area contributed by atoms with Crippen molar-refractivity contribution in [1.29, 1.82) is 0 Å². The van der Waals surface area contributed by atoms with Crippen molar-refractivity contribution in [3.63, 3.8) is 0 Å². The van der Waals surface area contributed by atoms with E-state index < -0.39 is 0 Å². The summed E-state index contributed by atoms with van der Waals surface area (Å²) < 4.78 is 0.145. The van der Waals surface area contributed by atoms with Gasteiger partial charge in [-0.05, 0) is 39.9 Å². The normalized spacial score (nSPS) is 16.1. The van der Waals surface area contributed by atoms with E-state index in [0.29, 0.717) is 12.0 Å². The lowest BCUT2D eigenvalue weighted by Crippen LogP contribution is -2.44. The fraction of sp³-hybridized carbons (Fsp3) is 0.846. The molecule has 0 spiro atoms. The number of thioether (sulfide) groups is 1. The van der Waals surface area contributed by atoms with Crippen LogP contribution in [0.3, 0.4) is 0 Å². The number of hydrogen-bond acceptors (Lipinski definition) is 3. The van der Waals surface area contributed by atoms with Crippen molar-refractivity contribution < 1.29 is 4.79 Å². The van der Waals surface area contributed by atoms with Crippen LogP contribution in [-0.2, 0) is 4.79 Å². The highest BCUT2D eigenvalue weighted by molar-refractivity contribution is 7.99. The van der Waals surface area contributed by atoms with Crippen molar-refractivity contribution in [1.82, 2.24) is 16.0 Å². The van der Waals surface area contributed by atoms with Gasteiger partial charge in [0.25, 0.3) is 0 Å². The van der Waals surface area contributed by atoms with E-state index >= 15 is 0 Å². The summed E-state index contributed by atoms with van der Waals surface area (Å²) in [6.45, 7) is 8.15. The first-order valence-electron chi connectivity index (χ1n) is 6.83. The second-order valence-corrected chi connectivity index (χ2v) is 6.87. The van der Waals surface area contributed by atoms with Gasteiger partial charge in [0.15, 0.2) is 5.96 Å². The molecule has 0 aromatic heterocycles. The largest absolute Gasteiger partial charge is 0.357 e. The summed E-state index contributed by atoms with van der Waals surface area (Å²) in [5, 5.41) is 9.36. The molecule has 19 heavy (non-hydrogen) atoms. The predicted octanol–water partition coefficient (Wildman–Crippen LogP) is 0.962. The SMILES string of the molecule is CCNC(=NCC(=O)NC1CC1)NCC(C)(C)SC. The van der Waals surface area contributed by atoms with E-state index in [-0.39, 0.29) is 17.2 Å². The molecule has 1 aliphatic carbocycles. The molecule has 0 saturated heterocycles. The number of hydrogen-bond donors (Lipinski definition) is 3. The van der Waals surface area contributed by atoms with E-state index in [2.05, 4.69) is 41.0 Å². The second kappa shape index (κ2) is 7.62. The Morgan fingerprint density at radius 3 is 2.58 bits per heavy atom. The Kier molecular flexibility index (Phi) is 6.48. The van der Waals surface area contributed by atoms with E-state index in [0.717, 1.165) is 25.9 Å². The number of rotatable bonds is 7. The van der Waals surface area contributed by atoms with Crippen molar-refractivity contribution in [2.24, 2.45) is 4.99 Å². The van der Waals surface area contributed by atoms with Gasteiger partial charge in [0.05, 0.1) is 0 Å². The summed E-state index contributed by atoms with van der Waals surface area (Å²) in [5.41, 5.74) is 0. The Hall–Kier alpha value is -0.910. The predicted molar refractivity (Wildman–Crippen MR) is 82.7 cm³/mol. The summed E-state index contributed by atoms with van der Waals surface area (Å²) >= 11 is 1.80. The third-order valence-corrected chi connectivity index (χ3v) is 4.15. The Balaban J connectivity index is 2.38. The highest BCUT2D eigenvalue weighted by Gasteiger charge is 2.23. The molecule has 0 aromatic carbocycles. The summed E-state index contributed by atoms with van der Waals surface area (Å²) in [7, 11) is 0. The Bertz CT molecular complexity index is 327. The number of nitrogens with one attached hydrogen (secondary N) is 3. The molecule has 1 saturated carbocycles. The van der Waals surface area contributed by atoms with E-state index in [4.69, 9.17) is 0 Å². The van der Waals surface area contributed by atoms with Gasteiger partial charge in [0.1, 0.15) is 6.54 Å². The maximum Gasteiger partial charge on any atom is 0.242 e. The first-order valence-corrected chi connectivity index (χ1v) is 8.06. The molecular formula is C13H26N4OS. The lowest BCUT2D eigenvalue weighted by molar-refractivity contribution is -0.119. The Labute approximate surface area is 120 Å². The van der Waals surface area contributed by atoms with Gasteiger partial charge in [-0.15, -0.1) is 0 Å². The molecule has 0 aliphatic heterocycles. The first kappa shape index (κ1) is 16.1. The zero-order valence-electron chi connectivity index (χ0n) is 12.4. The highest BCUT2D eigenvalue weighted by Crippen LogP contribution is 2.19. The van der Waals surface area contributed by atoms with Crippen LogP contribution in [0.25, 0.3) is 0 Å². The first-order chi connectivity index (χ1) is 8.96. The van der Waals surface area contributed by atoms with Crippen LogP contribution < -0.4 is 16.0 Å². The third kappa shape index (κ3) is 7.30. The molecule has 1 amide bonds. The van der Waals surface area contributed by atoms with Gasteiger partial charge < -0.3 is 16.0 Å². The standard InChI is InChI=1S/C13H26N4OS/c1-5-14-12(16-9-13(2,3)19-4)15-8-11(18)17-10-6-7-10/h10H,5-9H2,1-4H3,(H,17,18)(H2,14,15,16). The number of guanidine groups is 1. The van der Waals surface area contributed by atoms with Crippen molar-refractivity contribution >= 4 is 23.6 Å². The molecule has 1 aliphatic rings. The smallest absolute Gasteiger partial charge is 0.242 e. The zero-order chi connectivity index (χ0) is 14.3. The van der Waals surface area contributed by atoms with Crippen LogP contribution in [0.2, 0.25) is 0 Å². The van der Waals surface area contributed by atoms with E-state index in [9.17, 15) is 4.79 Å². The summed E-state index contributed by atoms with van der Waals surface area (Å²) in [5.74, 6) is 0.708. The van der Waals surface area contributed by atoms with Crippen molar-refractivity contribution in [3.05, 3.63) is 0 Å². The summed E-state index contributed by atoms with van der Waals surface area (Å²) in [4.78, 5) is 15.9. The molecule has 0 atom stereocenters. The van der Waals surface area contributed by atoms with Crippen LogP contribution in [0.4, 0.5) is 0 Å². The van der Waals surface area contributed by atoms with Crippen LogP contribution in [0, 0.1) is 0 Å². The molecule has 0 heterocycles. The van der Waals surface area contributed by atoms with Gasteiger partial charge in [-0.25, -0.2) is 4.99 Å². The van der Waals surface area contributed by atoms with Gasteiger partial charge in [-0.1, -0.05) is 0 Å². The molecule has 1 fully saturated rings. The maximum absolute atomic E-state index is 11.6. The van der Waals surface area contributed by atoms with Gasteiger partial charge in [0, 0.05) is 23.9 Å². The van der Waals surface area contributed by atoms with Crippen molar-refractivity contribution in [2.45, 2.75) is 44.4 Å². The van der Waals surface area contributed by atoms with Gasteiger partial charge >= 0.3 is 0 Å². The molecule has 6 heteroatoms. The fourth-order valence-corrected chi connectivity index (χ4v) is 1.58. The average Bonchev–Trinajstić information content (AvgIpc) is 3.16. The van der Waals surface area contributed by atoms with Crippen LogP contribution >= 0.6 is 11.8 Å². The topological polar surface area (TPSA) is 65.5 Å². The molecule has 0 bridgehead atoms. The number of amides is 1. The number of aliphatic imine (C=N–C) groups is 1. The molecule has 1 rings (SSSR count). The van der Waals surface area contributed by atoms with Crippen LogP contribution in [0.1, 0.15) is 33.6 Å². The monoisotopic (exact) mass is 286 g/mol. The summed E-state index contributed by atoms with van der Waals surface area (Å²) in [6.07, 6.45) is 4.31. The molecule has 0 unspecified atom stereocenters. The molecule has 3 N–H and O–H groups in total. The van der Waals surface area contributed by atoms with Crippen LogP contribution in [-0.4, -0.2) is 48.5 Å². The van der Waals surface area contributed by atoms with Crippen molar-refractivity contribution in [2.75, 3.05) is 25.9 Å². The van der Waals surface area contributed by atoms with Crippen LogP contribution in [0.5, 0.6) is 0 Å². The average molecular weight is 286 g/mol. The highest BCUT2D eigenvalue weighted by atomic mass is 32.2. The fourth-order valence-electron chi connectivity index (χ4n) is 1.36. The molecule has 110 valence electrons. The van der Waals surface area contributed by atoms with Crippen molar-refractivity contribution in [3.8, 4) is 0 Å². The number of carbonyl (C=O) groups excluding carboxylic acids is 1. The Morgan fingerprint density at radius 2 is 2.05 bits per heavy atom. The van der Waals surface area contributed by atoms with E-state index in [1.165, 1.54) is 0 Å². The molecule has 0 aromatic rings. The number of carbonyl (C=O) groups is 1. The lowest BCUT2D eigenvalue weighted by atomic mass is 10.2. The minimum Gasteiger partial charge on any atom is -0.357 e. The minimum absolute atomic E-state index is 0.00355. The lowest BCUT2D eigenvalue weighted by Gasteiger charge is -2.23. The van der Waals surface area contributed by atoms with Gasteiger partial charge in [-0.3, -0.25) is 4.79 Å². The quantitative estimate of drug-likeness (QED) is 0.482. The molecule has 0 radical (unpaired) electrons. The minimum atomic E-state index is 0.00355. The Morgan fingerprint density at radius 1 is 1.37 bits per heavy atom. The molecule has 5 nitrogen and oxygen atoms in total. The van der Waals surface area contributed by atoms with Gasteiger partial charge in [0.2, 0.25) is 5.91 Å². The second-order valence-electron chi connectivity index (χ2n) is 5.35. The van der Waals surface area contributed by atoms with Crippen LogP contribution in [0.15, 0.2) is 4.99 Å². The number of nitrogens with zero attached hydrogens (tertiary/aromatic N) is 1. The zero-order valence-corrected chi connectivity index (χ0v) is 13.2. The van der Waals surface area contributed by atoms with E-state index in [1.54, 1.807) is 11.8 Å².